The summed E-state index contributed by atoms with van der Waals surface area (Å²) in [7, 11) is 0. The van der Waals surface area contributed by atoms with Crippen LogP contribution in [0.25, 0.3) is 0 Å². The Labute approximate surface area is 131 Å². The van der Waals surface area contributed by atoms with E-state index in [0.29, 0.717) is 12.3 Å². The van der Waals surface area contributed by atoms with E-state index in [1.807, 2.05) is 0 Å². The summed E-state index contributed by atoms with van der Waals surface area (Å²) >= 11 is 5.78. The maximum Gasteiger partial charge on any atom is 0.288 e. The number of nitro groups is 1. The van der Waals surface area contributed by atoms with Gasteiger partial charge in [0.2, 0.25) is 0 Å². The molecule has 2 aromatic rings. The van der Waals surface area contributed by atoms with Crippen molar-refractivity contribution in [2.24, 2.45) is 0 Å². The van der Waals surface area contributed by atoms with Crippen LogP contribution in [0.3, 0.4) is 0 Å². The Morgan fingerprint density at radius 3 is 2.77 bits per heavy atom. The molecule has 1 aliphatic carbocycles. The Morgan fingerprint density at radius 1 is 1.41 bits per heavy atom. The smallest absolute Gasteiger partial charge is 0.288 e. The minimum absolute atomic E-state index is 0.0190. The normalized spacial score (nSPS) is 13.9. The maximum atomic E-state index is 12.7. The number of hydrogen-bond acceptors (Lipinski definition) is 4. The van der Waals surface area contributed by atoms with E-state index in [0.717, 1.165) is 12.8 Å². The van der Waals surface area contributed by atoms with Crippen molar-refractivity contribution in [3.05, 3.63) is 63.1 Å². The first-order valence-electron chi connectivity index (χ1n) is 6.83. The lowest BCUT2D eigenvalue weighted by Gasteiger charge is -2.21. The van der Waals surface area contributed by atoms with Crippen LogP contribution in [-0.4, -0.2) is 21.8 Å². The molecule has 1 fully saturated rings. The van der Waals surface area contributed by atoms with Crippen molar-refractivity contribution in [1.29, 1.82) is 0 Å². The van der Waals surface area contributed by atoms with Crippen LogP contribution in [0, 0.1) is 10.1 Å². The first-order chi connectivity index (χ1) is 10.6. The minimum Gasteiger partial charge on any atom is -0.467 e. The number of hydrogen-bond donors (Lipinski definition) is 0. The topological polar surface area (TPSA) is 76.6 Å². The molecule has 114 valence electrons. The molecule has 6 nitrogen and oxygen atoms in total. The summed E-state index contributed by atoms with van der Waals surface area (Å²) in [6.07, 6.45) is 3.42. The third-order valence-electron chi connectivity index (χ3n) is 3.54. The van der Waals surface area contributed by atoms with Crippen LogP contribution in [0.5, 0.6) is 0 Å². The summed E-state index contributed by atoms with van der Waals surface area (Å²) in [5.41, 5.74) is -0.00387. The molecule has 0 atom stereocenters. The molecule has 0 spiro atoms. The second-order valence-electron chi connectivity index (χ2n) is 5.17. The molecule has 0 saturated heterocycles. The van der Waals surface area contributed by atoms with Crippen LogP contribution in [0.1, 0.15) is 29.0 Å². The van der Waals surface area contributed by atoms with Crippen molar-refractivity contribution in [3.8, 4) is 0 Å². The Kier molecular flexibility index (Phi) is 3.85. The average molecular weight is 321 g/mol. The molecule has 1 amide bonds. The molecule has 7 heteroatoms. The van der Waals surface area contributed by atoms with E-state index in [4.69, 9.17) is 16.0 Å². The van der Waals surface area contributed by atoms with Crippen LogP contribution < -0.4 is 0 Å². The molecule has 1 aliphatic rings. The number of nitrogens with zero attached hydrogens (tertiary/aromatic N) is 2. The fourth-order valence-corrected chi connectivity index (χ4v) is 2.46. The van der Waals surface area contributed by atoms with E-state index in [9.17, 15) is 14.9 Å². The SMILES string of the molecule is O=C(c1ccc(Cl)c([N+](=O)[O-])c1)N(Cc1ccco1)C1CC1. The molecule has 0 unspecified atom stereocenters. The Morgan fingerprint density at radius 2 is 2.18 bits per heavy atom. The lowest BCUT2D eigenvalue weighted by Crippen LogP contribution is -2.32. The summed E-state index contributed by atoms with van der Waals surface area (Å²) in [5.74, 6) is 0.433. The van der Waals surface area contributed by atoms with Crippen molar-refractivity contribution in [1.82, 2.24) is 4.90 Å². The predicted molar refractivity (Wildman–Crippen MR) is 79.7 cm³/mol. The van der Waals surface area contributed by atoms with Crippen LogP contribution in [0.4, 0.5) is 5.69 Å². The number of benzene rings is 1. The van der Waals surface area contributed by atoms with E-state index < -0.39 is 4.92 Å². The molecular formula is C15H13ClN2O4. The van der Waals surface area contributed by atoms with Crippen LogP contribution in [0.2, 0.25) is 5.02 Å². The third kappa shape index (κ3) is 2.96. The zero-order valence-corrected chi connectivity index (χ0v) is 12.3. The van der Waals surface area contributed by atoms with Gasteiger partial charge in [0.15, 0.2) is 0 Å². The third-order valence-corrected chi connectivity index (χ3v) is 3.86. The Bertz CT molecular complexity index is 710. The first kappa shape index (κ1) is 14.6. The molecule has 3 rings (SSSR count). The summed E-state index contributed by atoms with van der Waals surface area (Å²) in [6.45, 7) is 0.354. The summed E-state index contributed by atoms with van der Waals surface area (Å²) in [4.78, 5) is 24.7. The van der Waals surface area contributed by atoms with Gasteiger partial charge in [0.1, 0.15) is 10.8 Å². The van der Waals surface area contributed by atoms with Crippen molar-refractivity contribution >= 4 is 23.2 Å². The van der Waals surface area contributed by atoms with Gasteiger partial charge in [-0.05, 0) is 37.1 Å². The largest absolute Gasteiger partial charge is 0.467 e. The quantitative estimate of drug-likeness (QED) is 0.622. The highest BCUT2D eigenvalue weighted by Gasteiger charge is 2.34. The molecule has 22 heavy (non-hydrogen) atoms. The number of carbonyl (C=O) groups excluding carboxylic acids is 1. The van der Waals surface area contributed by atoms with Crippen molar-refractivity contribution < 1.29 is 14.1 Å². The lowest BCUT2D eigenvalue weighted by atomic mass is 10.1. The van der Waals surface area contributed by atoms with Crippen LogP contribution >= 0.6 is 11.6 Å². The number of amides is 1. The summed E-state index contributed by atoms with van der Waals surface area (Å²) in [5, 5.41) is 11.0. The van der Waals surface area contributed by atoms with Crippen molar-refractivity contribution in [2.75, 3.05) is 0 Å². The second kappa shape index (κ2) is 5.81. The van der Waals surface area contributed by atoms with Gasteiger partial charge in [-0.2, -0.15) is 0 Å². The van der Waals surface area contributed by atoms with Gasteiger partial charge in [0.05, 0.1) is 17.7 Å². The van der Waals surface area contributed by atoms with Gasteiger partial charge in [-0.1, -0.05) is 11.6 Å². The highest BCUT2D eigenvalue weighted by molar-refractivity contribution is 6.32. The monoisotopic (exact) mass is 320 g/mol. The molecule has 1 aromatic heterocycles. The zero-order chi connectivity index (χ0) is 15.7. The van der Waals surface area contributed by atoms with Gasteiger partial charge < -0.3 is 9.32 Å². The van der Waals surface area contributed by atoms with E-state index in [2.05, 4.69) is 0 Å². The van der Waals surface area contributed by atoms with E-state index in [-0.39, 0.29) is 28.2 Å². The highest BCUT2D eigenvalue weighted by Crippen LogP contribution is 2.31. The summed E-state index contributed by atoms with van der Waals surface area (Å²) in [6, 6.07) is 7.83. The Hall–Kier alpha value is -2.34. The van der Waals surface area contributed by atoms with Gasteiger partial charge in [-0.15, -0.1) is 0 Å². The molecule has 1 heterocycles. The Balaban J connectivity index is 1.87. The predicted octanol–water partition coefficient (Wildman–Crippen LogP) is 3.65. The second-order valence-corrected chi connectivity index (χ2v) is 5.57. The zero-order valence-electron chi connectivity index (χ0n) is 11.6. The average Bonchev–Trinajstić information content (AvgIpc) is 3.21. The fraction of sp³-hybridized carbons (Fsp3) is 0.267. The van der Waals surface area contributed by atoms with Crippen molar-refractivity contribution in [2.45, 2.75) is 25.4 Å². The van der Waals surface area contributed by atoms with Gasteiger partial charge in [0, 0.05) is 17.7 Å². The molecular weight excluding hydrogens is 308 g/mol. The van der Waals surface area contributed by atoms with Gasteiger partial charge in [-0.25, -0.2) is 0 Å². The molecule has 0 bridgehead atoms. The van der Waals surface area contributed by atoms with Gasteiger partial charge in [0.25, 0.3) is 11.6 Å². The highest BCUT2D eigenvalue weighted by atomic mass is 35.5. The molecule has 1 saturated carbocycles. The summed E-state index contributed by atoms with van der Waals surface area (Å²) < 4.78 is 5.29. The first-order valence-corrected chi connectivity index (χ1v) is 7.21. The number of nitro benzene ring substituents is 1. The fourth-order valence-electron chi connectivity index (χ4n) is 2.27. The van der Waals surface area contributed by atoms with Gasteiger partial charge in [-0.3, -0.25) is 14.9 Å². The van der Waals surface area contributed by atoms with Crippen molar-refractivity contribution in [3.63, 3.8) is 0 Å². The molecule has 0 aliphatic heterocycles. The number of halogens is 1. The van der Waals surface area contributed by atoms with Crippen LogP contribution in [-0.2, 0) is 6.54 Å². The number of rotatable bonds is 5. The van der Waals surface area contributed by atoms with Crippen LogP contribution in [0.15, 0.2) is 41.0 Å². The van der Waals surface area contributed by atoms with E-state index in [1.54, 1.807) is 23.3 Å². The van der Waals surface area contributed by atoms with E-state index in [1.165, 1.54) is 18.2 Å². The lowest BCUT2D eigenvalue weighted by molar-refractivity contribution is -0.384. The number of furan rings is 1. The minimum atomic E-state index is -0.590. The molecule has 0 N–H and O–H groups in total. The molecule has 0 radical (unpaired) electrons. The van der Waals surface area contributed by atoms with Gasteiger partial charge >= 0.3 is 0 Å². The standard InChI is InChI=1S/C15H13ClN2O4/c16-13-6-3-10(8-14(13)18(20)21)15(19)17(11-4-5-11)9-12-2-1-7-22-12/h1-3,6-8,11H,4-5,9H2. The van der Waals surface area contributed by atoms with E-state index >= 15 is 0 Å². The maximum absolute atomic E-state index is 12.7. The molecule has 1 aromatic carbocycles. The number of carbonyl (C=O) groups is 1.